The van der Waals surface area contributed by atoms with Crippen LogP contribution in [0, 0.1) is 6.92 Å². The highest BCUT2D eigenvalue weighted by Crippen LogP contribution is 2.11. The Balaban J connectivity index is 1.89. The molecule has 0 aromatic carbocycles. The standard InChI is InChI=1S/C13H20N4S/c1-10-8-11(13(14)18)9-12(16-10)15-4-7-17-5-2-3-6-17/h8-9H,2-7H2,1H3,(H2,14,18)(H,15,16). The zero-order chi connectivity index (χ0) is 13.0. The molecule has 0 aliphatic carbocycles. The molecular formula is C13H20N4S. The number of anilines is 1. The number of nitrogens with one attached hydrogen (secondary N) is 1. The van der Waals surface area contributed by atoms with Crippen molar-refractivity contribution in [2.75, 3.05) is 31.5 Å². The molecule has 1 aromatic heterocycles. The normalized spacial score (nSPS) is 15.8. The van der Waals surface area contributed by atoms with Crippen LogP contribution < -0.4 is 11.1 Å². The maximum Gasteiger partial charge on any atom is 0.126 e. The third kappa shape index (κ3) is 3.65. The second kappa shape index (κ2) is 6.11. The van der Waals surface area contributed by atoms with Crippen LogP contribution in [0.3, 0.4) is 0 Å². The first-order valence-corrected chi connectivity index (χ1v) is 6.81. The Hall–Kier alpha value is -1.20. The van der Waals surface area contributed by atoms with E-state index in [0.717, 1.165) is 30.2 Å². The highest BCUT2D eigenvalue weighted by Gasteiger charge is 2.10. The number of nitrogens with zero attached hydrogens (tertiary/aromatic N) is 2. The number of hydrogen-bond acceptors (Lipinski definition) is 4. The van der Waals surface area contributed by atoms with E-state index in [9.17, 15) is 0 Å². The summed E-state index contributed by atoms with van der Waals surface area (Å²) in [4.78, 5) is 7.32. The Morgan fingerprint density at radius 2 is 2.17 bits per heavy atom. The molecule has 0 saturated carbocycles. The third-order valence-electron chi connectivity index (χ3n) is 3.17. The number of pyridine rings is 1. The Morgan fingerprint density at radius 3 is 2.83 bits per heavy atom. The molecule has 1 saturated heterocycles. The molecule has 0 atom stereocenters. The molecule has 5 heteroatoms. The molecule has 3 N–H and O–H groups in total. The minimum Gasteiger partial charge on any atom is -0.389 e. The van der Waals surface area contributed by atoms with Crippen LogP contribution in [-0.4, -0.2) is 41.1 Å². The lowest BCUT2D eigenvalue weighted by atomic mass is 10.2. The first-order valence-electron chi connectivity index (χ1n) is 6.40. The number of aromatic nitrogens is 1. The third-order valence-corrected chi connectivity index (χ3v) is 3.41. The molecule has 1 aliphatic rings. The van der Waals surface area contributed by atoms with Gasteiger partial charge in [0.05, 0.1) is 0 Å². The minimum absolute atomic E-state index is 0.420. The van der Waals surface area contributed by atoms with E-state index < -0.39 is 0 Å². The highest BCUT2D eigenvalue weighted by atomic mass is 32.1. The van der Waals surface area contributed by atoms with Gasteiger partial charge in [-0.15, -0.1) is 0 Å². The van der Waals surface area contributed by atoms with Crippen molar-refractivity contribution in [2.45, 2.75) is 19.8 Å². The average Bonchev–Trinajstić information content (AvgIpc) is 2.81. The van der Waals surface area contributed by atoms with Crippen LogP contribution >= 0.6 is 12.2 Å². The fourth-order valence-electron chi connectivity index (χ4n) is 2.25. The summed E-state index contributed by atoms with van der Waals surface area (Å²) in [6, 6.07) is 3.83. The van der Waals surface area contributed by atoms with Gasteiger partial charge in [-0.1, -0.05) is 12.2 Å². The zero-order valence-electron chi connectivity index (χ0n) is 10.8. The fourth-order valence-corrected chi connectivity index (χ4v) is 2.37. The van der Waals surface area contributed by atoms with Crippen molar-refractivity contribution in [3.8, 4) is 0 Å². The molecule has 2 heterocycles. The summed E-state index contributed by atoms with van der Waals surface area (Å²) in [6.45, 7) is 6.38. The van der Waals surface area contributed by atoms with Gasteiger partial charge in [-0.3, -0.25) is 0 Å². The Bertz CT molecular complexity index is 427. The summed E-state index contributed by atoms with van der Waals surface area (Å²) in [5, 5.41) is 3.34. The van der Waals surface area contributed by atoms with Gasteiger partial charge in [0.15, 0.2) is 0 Å². The molecule has 0 amide bonds. The van der Waals surface area contributed by atoms with E-state index in [0.29, 0.717) is 4.99 Å². The quantitative estimate of drug-likeness (QED) is 0.790. The molecule has 1 fully saturated rings. The largest absolute Gasteiger partial charge is 0.389 e. The maximum atomic E-state index is 5.65. The molecule has 0 bridgehead atoms. The Morgan fingerprint density at radius 1 is 1.44 bits per heavy atom. The van der Waals surface area contributed by atoms with Gasteiger partial charge in [0.1, 0.15) is 10.8 Å². The van der Waals surface area contributed by atoms with Crippen LogP contribution in [0.15, 0.2) is 12.1 Å². The molecule has 18 heavy (non-hydrogen) atoms. The summed E-state index contributed by atoms with van der Waals surface area (Å²) in [5.41, 5.74) is 7.46. The van der Waals surface area contributed by atoms with Gasteiger partial charge in [0.2, 0.25) is 0 Å². The Labute approximate surface area is 114 Å². The second-order valence-electron chi connectivity index (χ2n) is 4.72. The van der Waals surface area contributed by atoms with Gasteiger partial charge in [0, 0.05) is 24.3 Å². The van der Waals surface area contributed by atoms with Gasteiger partial charge < -0.3 is 16.0 Å². The molecule has 98 valence electrons. The van der Waals surface area contributed by atoms with Gasteiger partial charge in [-0.25, -0.2) is 4.98 Å². The van der Waals surface area contributed by atoms with Crippen LogP contribution in [0.5, 0.6) is 0 Å². The SMILES string of the molecule is Cc1cc(C(N)=S)cc(NCCN2CCCC2)n1. The molecule has 0 unspecified atom stereocenters. The van der Waals surface area contributed by atoms with Crippen molar-refractivity contribution in [3.05, 3.63) is 23.4 Å². The topological polar surface area (TPSA) is 54.2 Å². The second-order valence-corrected chi connectivity index (χ2v) is 5.16. The zero-order valence-corrected chi connectivity index (χ0v) is 11.6. The smallest absolute Gasteiger partial charge is 0.126 e. The van der Waals surface area contributed by atoms with E-state index in [1.54, 1.807) is 0 Å². The average molecular weight is 264 g/mol. The number of hydrogen-bond donors (Lipinski definition) is 2. The lowest BCUT2D eigenvalue weighted by molar-refractivity contribution is 0.352. The van der Waals surface area contributed by atoms with Crippen LogP contribution in [0.2, 0.25) is 0 Å². The lowest BCUT2D eigenvalue weighted by Gasteiger charge is -2.15. The summed E-state index contributed by atoms with van der Waals surface area (Å²) < 4.78 is 0. The van der Waals surface area contributed by atoms with Crippen LogP contribution in [0.1, 0.15) is 24.1 Å². The summed E-state index contributed by atoms with van der Waals surface area (Å²) in [6.07, 6.45) is 2.66. The fraction of sp³-hybridized carbons (Fsp3) is 0.538. The van der Waals surface area contributed by atoms with Gasteiger partial charge in [-0.2, -0.15) is 0 Å². The van der Waals surface area contributed by atoms with Crippen LogP contribution in [0.4, 0.5) is 5.82 Å². The van der Waals surface area contributed by atoms with Gasteiger partial charge >= 0.3 is 0 Å². The number of likely N-dealkylation sites (tertiary alicyclic amines) is 1. The van der Waals surface area contributed by atoms with Crippen molar-refractivity contribution < 1.29 is 0 Å². The van der Waals surface area contributed by atoms with E-state index in [4.69, 9.17) is 18.0 Å². The van der Waals surface area contributed by atoms with Crippen molar-refractivity contribution in [1.82, 2.24) is 9.88 Å². The number of aryl methyl sites for hydroxylation is 1. The van der Waals surface area contributed by atoms with Crippen molar-refractivity contribution in [3.63, 3.8) is 0 Å². The Kier molecular flexibility index (Phi) is 4.49. The van der Waals surface area contributed by atoms with E-state index in [2.05, 4.69) is 15.2 Å². The summed E-state index contributed by atoms with van der Waals surface area (Å²) in [7, 11) is 0. The van der Waals surface area contributed by atoms with Crippen molar-refractivity contribution in [2.24, 2.45) is 5.73 Å². The monoisotopic (exact) mass is 264 g/mol. The predicted molar refractivity (Wildman–Crippen MR) is 79.0 cm³/mol. The van der Waals surface area contributed by atoms with Crippen LogP contribution in [0.25, 0.3) is 0 Å². The van der Waals surface area contributed by atoms with Gasteiger partial charge in [0.25, 0.3) is 0 Å². The van der Waals surface area contributed by atoms with E-state index >= 15 is 0 Å². The van der Waals surface area contributed by atoms with Crippen LogP contribution in [-0.2, 0) is 0 Å². The van der Waals surface area contributed by atoms with Crippen molar-refractivity contribution in [1.29, 1.82) is 0 Å². The number of rotatable bonds is 5. The summed E-state index contributed by atoms with van der Waals surface area (Å²) >= 11 is 5.00. The highest BCUT2D eigenvalue weighted by molar-refractivity contribution is 7.80. The maximum absolute atomic E-state index is 5.65. The van der Waals surface area contributed by atoms with E-state index in [1.165, 1.54) is 25.9 Å². The van der Waals surface area contributed by atoms with Crippen molar-refractivity contribution >= 4 is 23.0 Å². The van der Waals surface area contributed by atoms with E-state index in [1.807, 2.05) is 19.1 Å². The molecule has 2 rings (SSSR count). The van der Waals surface area contributed by atoms with E-state index in [-0.39, 0.29) is 0 Å². The number of nitrogens with two attached hydrogens (primary N) is 1. The minimum atomic E-state index is 0.420. The lowest BCUT2D eigenvalue weighted by Crippen LogP contribution is -2.26. The predicted octanol–water partition coefficient (Wildman–Crippen LogP) is 1.53. The van der Waals surface area contributed by atoms with Gasteiger partial charge in [-0.05, 0) is 45.0 Å². The molecule has 4 nitrogen and oxygen atoms in total. The molecule has 0 spiro atoms. The molecular weight excluding hydrogens is 244 g/mol. The summed E-state index contributed by atoms with van der Waals surface area (Å²) in [5.74, 6) is 0.858. The molecule has 0 radical (unpaired) electrons. The molecule has 1 aliphatic heterocycles. The molecule has 1 aromatic rings. The first-order chi connectivity index (χ1) is 8.65. The first kappa shape index (κ1) is 13.2. The number of thiocarbonyl (C=S) groups is 1.